The predicted molar refractivity (Wildman–Crippen MR) is 139 cm³/mol. The summed E-state index contributed by atoms with van der Waals surface area (Å²) in [6.07, 6.45) is 8.07. The van der Waals surface area contributed by atoms with E-state index in [9.17, 15) is 14.5 Å². The number of hydrogen-bond acceptors (Lipinski definition) is 5. The van der Waals surface area contributed by atoms with Crippen LogP contribution in [0.25, 0.3) is 0 Å². The van der Waals surface area contributed by atoms with E-state index < -0.39 is 13.5 Å². The summed E-state index contributed by atoms with van der Waals surface area (Å²) in [6.45, 7) is 12.5. The van der Waals surface area contributed by atoms with Crippen LogP contribution in [0.3, 0.4) is 0 Å². The molecule has 7 heteroatoms. The van der Waals surface area contributed by atoms with Crippen molar-refractivity contribution < 1.29 is 23.7 Å². The molecule has 1 aromatic rings. The van der Waals surface area contributed by atoms with E-state index in [4.69, 9.17) is 9.26 Å². The van der Waals surface area contributed by atoms with Crippen LogP contribution in [0, 0.1) is 5.92 Å². The molecule has 1 aliphatic rings. The molecule has 0 fully saturated rings. The average Bonchev–Trinajstić information content (AvgIpc) is 2.78. The van der Waals surface area contributed by atoms with Gasteiger partial charge in [0.2, 0.25) is 0 Å². The maximum absolute atomic E-state index is 13.6. The molecule has 0 saturated carbocycles. The first kappa shape index (κ1) is 28.2. The van der Waals surface area contributed by atoms with Gasteiger partial charge in [-0.25, -0.2) is 5.09 Å². The molecule has 190 valence electrons. The van der Waals surface area contributed by atoms with E-state index in [-0.39, 0.29) is 36.8 Å². The zero-order valence-electron chi connectivity index (χ0n) is 21.5. The molecule has 34 heavy (non-hydrogen) atoms. The number of rotatable bonds is 13. The van der Waals surface area contributed by atoms with Crippen molar-refractivity contribution in [3.05, 3.63) is 47.1 Å². The van der Waals surface area contributed by atoms with Gasteiger partial charge >= 0.3 is 13.5 Å². The third kappa shape index (κ3) is 7.74. The van der Waals surface area contributed by atoms with Crippen molar-refractivity contribution in [1.82, 2.24) is 5.09 Å². The predicted octanol–water partition coefficient (Wildman–Crippen LogP) is 6.89. The minimum atomic E-state index is -3.41. The van der Waals surface area contributed by atoms with Gasteiger partial charge in [0.05, 0.1) is 19.2 Å². The SMILES string of the molecule is C=C(C)C1CCC(C)=CC1c1c(O)cc(CCCCC)cc1OP(=O)(CCC(=O)OCC)NC. The molecule has 3 unspecified atom stereocenters. The van der Waals surface area contributed by atoms with Crippen molar-refractivity contribution >= 4 is 13.5 Å². The van der Waals surface area contributed by atoms with Crippen molar-refractivity contribution in [2.75, 3.05) is 19.8 Å². The van der Waals surface area contributed by atoms with E-state index in [1.807, 2.05) is 19.1 Å². The number of aryl methyl sites for hydroxylation is 1. The maximum atomic E-state index is 13.6. The third-order valence-electron chi connectivity index (χ3n) is 6.46. The fourth-order valence-corrected chi connectivity index (χ4v) is 5.89. The van der Waals surface area contributed by atoms with Crippen LogP contribution in [0.5, 0.6) is 11.5 Å². The van der Waals surface area contributed by atoms with Gasteiger partial charge in [-0.3, -0.25) is 9.36 Å². The molecule has 1 aromatic carbocycles. The van der Waals surface area contributed by atoms with Crippen molar-refractivity contribution in [1.29, 1.82) is 0 Å². The summed E-state index contributed by atoms with van der Waals surface area (Å²) < 4.78 is 24.8. The number of esters is 1. The highest BCUT2D eigenvalue weighted by Gasteiger charge is 2.33. The van der Waals surface area contributed by atoms with Crippen LogP contribution in [0.1, 0.15) is 83.3 Å². The summed E-state index contributed by atoms with van der Waals surface area (Å²) in [7, 11) is -1.85. The lowest BCUT2D eigenvalue weighted by Gasteiger charge is -2.33. The standard InChI is InChI=1S/C27H42NO5P/c1-7-9-10-11-21-17-24(29)27(23-16-20(5)12-13-22(23)19(3)4)25(18-21)33-34(31,28-6)15-14-26(30)32-8-2/h16-18,22-23,29H,3,7-15H2,1-2,4-6H3,(H,28,31). The Hall–Kier alpha value is -2.04. The van der Waals surface area contributed by atoms with E-state index in [1.165, 1.54) is 5.57 Å². The molecule has 0 bridgehead atoms. The Morgan fingerprint density at radius 3 is 2.65 bits per heavy atom. The van der Waals surface area contributed by atoms with Crippen LogP contribution in [0.15, 0.2) is 35.9 Å². The summed E-state index contributed by atoms with van der Waals surface area (Å²) in [5, 5.41) is 14.0. The van der Waals surface area contributed by atoms with Crippen molar-refractivity contribution in [2.24, 2.45) is 5.92 Å². The van der Waals surface area contributed by atoms with E-state index >= 15 is 0 Å². The van der Waals surface area contributed by atoms with Crippen LogP contribution in [-0.2, 0) is 20.5 Å². The number of carbonyl (C=O) groups excluding carboxylic acids is 1. The zero-order chi connectivity index (χ0) is 25.3. The first-order chi connectivity index (χ1) is 16.1. The molecular weight excluding hydrogens is 449 g/mol. The highest BCUT2D eigenvalue weighted by atomic mass is 31.2. The van der Waals surface area contributed by atoms with Gasteiger partial charge in [-0.05, 0) is 77.1 Å². The molecule has 0 saturated heterocycles. The second-order valence-electron chi connectivity index (χ2n) is 9.28. The molecule has 0 radical (unpaired) electrons. The molecule has 0 aromatic heterocycles. The minimum Gasteiger partial charge on any atom is -0.507 e. The minimum absolute atomic E-state index is 0.00600. The first-order valence-corrected chi connectivity index (χ1v) is 14.3. The summed E-state index contributed by atoms with van der Waals surface area (Å²) in [4.78, 5) is 11.9. The van der Waals surface area contributed by atoms with Gasteiger partial charge in [0, 0.05) is 11.5 Å². The summed E-state index contributed by atoms with van der Waals surface area (Å²) >= 11 is 0. The van der Waals surface area contributed by atoms with Gasteiger partial charge in [0.25, 0.3) is 0 Å². The average molecular weight is 492 g/mol. The van der Waals surface area contributed by atoms with Gasteiger partial charge in [0.15, 0.2) is 0 Å². The lowest BCUT2D eigenvalue weighted by Crippen LogP contribution is -2.20. The smallest absolute Gasteiger partial charge is 0.316 e. The van der Waals surface area contributed by atoms with Crippen LogP contribution >= 0.6 is 7.52 Å². The summed E-state index contributed by atoms with van der Waals surface area (Å²) in [5.74, 6) is 0.179. The summed E-state index contributed by atoms with van der Waals surface area (Å²) in [5.41, 5.74) is 3.88. The van der Waals surface area contributed by atoms with Gasteiger partial charge in [-0.15, -0.1) is 0 Å². The van der Waals surface area contributed by atoms with E-state index in [1.54, 1.807) is 14.0 Å². The lowest BCUT2D eigenvalue weighted by atomic mass is 9.73. The van der Waals surface area contributed by atoms with E-state index in [2.05, 4.69) is 31.6 Å². The monoisotopic (exact) mass is 491 g/mol. The largest absolute Gasteiger partial charge is 0.507 e. The molecule has 0 heterocycles. The summed E-state index contributed by atoms with van der Waals surface area (Å²) in [6, 6.07) is 3.72. The van der Waals surface area contributed by atoms with Gasteiger partial charge < -0.3 is 14.4 Å². The Morgan fingerprint density at radius 2 is 2.03 bits per heavy atom. The lowest BCUT2D eigenvalue weighted by molar-refractivity contribution is -0.142. The molecule has 0 aliphatic heterocycles. The van der Waals surface area contributed by atoms with Crippen LogP contribution in [0.4, 0.5) is 0 Å². The molecule has 1 aliphatic carbocycles. The van der Waals surface area contributed by atoms with Crippen LogP contribution in [-0.4, -0.2) is 30.9 Å². The Kier molecular flexibility index (Phi) is 10.9. The molecular formula is C27H42NO5P. The fraction of sp³-hybridized carbons (Fsp3) is 0.593. The molecule has 0 spiro atoms. The number of benzene rings is 1. The van der Waals surface area contributed by atoms with Crippen LogP contribution in [0.2, 0.25) is 0 Å². The molecule has 6 nitrogen and oxygen atoms in total. The number of hydrogen-bond donors (Lipinski definition) is 2. The number of phenols is 1. The number of carbonyl (C=O) groups is 1. The highest BCUT2D eigenvalue weighted by Crippen LogP contribution is 2.51. The number of allylic oxidation sites excluding steroid dienone is 3. The topological polar surface area (TPSA) is 84.9 Å². The third-order valence-corrected chi connectivity index (χ3v) is 8.45. The van der Waals surface area contributed by atoms with Crippen molar-refractivity contribution in [3.63, 3.8) is 0 Å². The molecule has 0 amide bonds. The van der Waals surface area contributed by atoms with E-state index in [0.717, 1.165) is 49.7 Å². The number of phenolic OH excluding ortho intramolecular Hbond substituents is 1. The number of unbranched alkanes of at least 4 members (excludes halogenated alkanes) is 2. The van der Waals surface area contributed by atoms with Gasteiger partial charge in [0.1, 0.15) is 11.5 Å². The molecule has 2 rings (SSSR count). The number of aromatic hydroxyl groups is 1. The van der Waals surface area contributed by atoms with Crippen molar-refractivity contribution in [3.8, 4) is 11.5 Å². The number of ether oxygens (including phenoxy) is 1. The Labute approximate surface area is 205 Å². The van der Waals surface area contributed by atoms with Gasteiger partial charge in [-0.2, -0.15) is 0 Å². The Bertz CT molecular complexity index is 939. The van der Waals surface area contributed by atoms with Gasteiger partial charge in [-0.1, -0.05) is 43.6 Å². The van der Waals surface area contributed by atoms with Crippen molar-refractivity contribution in [2.45, 2.75) is 78.6 Å². The highest BCUT2D eigenvalue weighted by molar-refractivity contribution is 7.57. The Balaban J connectivity index is 2.50. The zero-order valence-corrected chi connectivity index (χ0v) is 22.4. The maximum Gasteiger partial charge on any atom is 0.316 e. The molecule has 2 N–H and O–H groups in total. The molecule has 3 atom stereocenters. The normalized spacial score (nSPS) is 19.7. The van der Waals surface area contributed by atoms with Crippen LogP contribution < -0.4 is 9.61 Å². The second kappa shape index (κ2) is 13.2. The first-order valence-electron chi connectivity index (χ1n) is 12.5. The number of nitrogens with one attached hydrogen (secondary N) is 1. The fourth-order valence-electron chi connectivity index (χ4n) is 4.54. The Morgan fingerprint density at radius 1 is 1.29 bits per heavy atom. The second-order valence-corrected chi connectivity index (χ2v) is 11.7. The van der Waals surface area contributed by atoms with E-state index in [0.29, 0.717) is 11.3 Å². The quantitative estimate of drug-likeness (QED) is 0.135.